The van der Waals surface area contributed by atoms with E-state index in [0.717, 1.165) is 22.8 Å². The number of halogens is 2. The lowest BCUT2D eigenvalue weighted by atomic mass is 10.2. The monoisotopic (exact) mass is 498 g/mol. The number of nitrogens with one attached hydrogen (secondary N) is 2. The average molecular weight is 498 g/mol. The molecule has 150 valence electrons. The van der Waals surface area contributed by atoms with Crippen LogP contribution >= 0.6 is 24.0 Å². The lowest BCUT2D eigenvalue weighted by Gasteiger charge is -2.12. The van der Waals surface area contributed by atoms with Crippen LogP contribution in [0.15, 0.2) is 40.0 Å². The lowest BCUT2D eigenvalue weighted by Crippen LogP contribution is -2.36. The zero-order valence-electron chi connectivity index (χ0n) is 16.3. The van der Waals surface area contributed by atoms with Crippen molar-refractivity contribution in [2.75, 3.05) is 7.05 Å². The van der Waals surface area contributed by atoms with Crippen molar-refractivity contribution >= 4 is 29.9 Å². The van der Waals surface area contributed by atoms with Crippen LogP contribution in [0, 0.1) is 26.6 Å². The van der Waals surface area contributed by atoms with Crippen LogP contribution in [-0.4, -0.2) is 27.5 Å². The number of aryl methyl sites for hydroxylation is 3. The van der Waals surface area contributed by atoms with Crippen molar-refractivity contribution in [1.82, 2.24) is 25.2 Å². The second kappa shape index (κ2) is 9.67. The standard InChI is InChI=1S/C19H23FN6O.HI/c1-12-13(2)27-18(25-12)11-24-19(21-4)23-10-15-5-6-17(16(20)9-15)26-8-7-22-14(26)3;/h5-9H,10-11H2,1-4H3,(H2,21,23,24);1H. The molecular formula is C19H24FIN6O. The van der Waals surface area contributed by atoms with E-state index in [0.29, 0.717) is 30.6 Å². The van der Waals surface area contributed by atoms with Crippen LogP contribution in [0.1, 0.15) is 28.7 Å². The van der Waals surface area contributed by atoms with Gasteiger partial charge in [0.05, 0.1) is 17.9 Å². The highest BCUT2D eigenvalue weighted by atomic mass is 127. The van der Waals surface area contributed by atoms with Gasteiger partial charge in [-0.3, -0.25) is 4.99 Å². The number of oxazole rings is 1. The van der Waals surface area contributed by atoms with E-state index >= 15 is 0 Å². The quantitative estimate of drug-likeness (QED) is 0.320. The summed E-state index contributed by atoms with van der Waals surface area (Å²) in [7, 11) is 1.67. The first-order valence-electron chi connectivity index (χ1n) is 8.64. The van der Waals surface area contributed by atoms with Crippen LogP contribution in [0.25, 0.3) is 5.69 Å². The molecule has 28 heavy (non-hydrogen) atoms. The third kappa shape index (κ3) is 5.09. The summed E-state index contributed by atoms with van der Waals surface area (Å²) >= 11 is 0. The second-order valence-electron chi connectivity index (χ2n) is 6.16. The summed E-state index contributed by atoms with van der Waals surface area (Å²) < 4.78 is 21.7. The first kappa shape index (κ1) is 21.9. The summed E-state index contributed by atoms with van der Waals surface area (Å²) in [5.41, 5.74) is 2.16. The summed E-state index contributed by atoms with van der Waals surface area (Å²) in [5.74, 6) is 2.42. The molecular weight excluding hydrogens is 474 g/mol. The Morgan fingerprint density at radius 3 is 2.54 bits per heavy atom. The first-order valence-corrected chi connectivity index (χ1v) is 8.64. The Morgan fingerprint density at radius 1 is 1.21 bits per heavy atom. The van der Waals surface area contributed by atoms with Gasteiger partial charge >= 0.3 is 0 Å². The number of aromatic nitrogens is 3. The molecule has 2 heterocycles. The van der Waals surface area contributed by atoms with Crippen LogP contribution < -0.4 is 10.6 Å². The van der Waals surface area contributed by atoms with Gasteiger partial charge in [-0.25, -0.2) is 14.4 Å². The molecule has 0 saturated heterocycles. The van der Waals surface area contributed by atoms with E-state index in [1.54, 1.807) is 30.1 Å². The topological polar surface area (TPSA) is 80.3 Å². The smallest absolute Gasteiger partial charge is 0.214 e. The molecule has 0 saturated carbocycles. The highest BCUT2D eigenvalue weighted by Gasteiger charge is 2.09. The van der Waals surface area contributed by atoms with E-state index in [-0.39, 0.29) is 29.8 Å². The summed E-state index contributed by atoms with van der Waals surface area (Å²) in [5, 5.41) is 6.28. The minimum atomic E-state index is -0.302. The number of benzene rings is 1. The molecule has 0 atom stereocenters. The number of hydrogen-bond acceptors (Lipinski definition) is 4. The Morgan fingerprint density at radius 2 is 1.96 bits per heavy atom. The van der Waals surface area contributed by atoms with Crippen molar-refractivity contribution < 1.29 is 8.81 Å². The largest absolute Gasteiger partial charge is 0.444 e. The van der Waals surface area contributed by atoms with Gasteiger partial charge in [0.1, 0.15) is 17.4 Å². The molecule has 0 unspecified atom stereocenters. The third-order valence-corrected chi connectivity index (χ3v) is 4.26. The Bertz CT molecular complexity index is 946. The van der Waals surface area contributed by atoms with E-state index in [1.165, 1.54) is 6.07 Å². The molecule has 9 heteroatoms. The molecule has 0 bridgehead atoms. The molecule has 2 aromatic heterocycles. The van der Waals surface area contributed by atoms with Crippen LogP contribution in [0.4, 0.5) is 4.39 Å². The summed E-state index contributed by atoms with van der Waals surface area (Å²) in [6.07, 6.45) is 3.39. The summed E-state index contributed by atoms with van der Waals surface area (Å²) in [6, 6.07) is 5.13. The fourth-order valence-corrected chi connectivity index (χ4v) is 2.67. The second-order valence-corrected chi connectivity index (χ2v) is 6.16. The Kier molecular flexibility index (Phi) is 7.55. The van der Waals surface area contributed by atoms with E-state index < -0.39 is 0 Å². The zero-order valence-corrected chi connectivity index (χ0v) is 18.6. The van der Waals surface area contributed by atoms with E-state index in [1.807, 2.05) is 26.8 Å². The molecule has 0 aliphatic rings. The van der Waals surface area contributed by atoms with Crippen LogP contribution in [0.2, 0.25) is 0 Å². The fraction of sp³-hybridized carbons (Fsp3) is 0.316. The molecule has 1 aromatic carbocycles. The summed E-state index contributed by atoms with van der Waals surface area (Å²) in [6.45, 7) is 6.47. The Labute approximate surface area is 180 Å². The van der Waals surface area contributed by atoms with Crippen LogP contribution in [0.5, 0.6) is 0 Å². The SMILES string of the molecule is CN=C(NCc1ccc(-n2ccnc2C)c(F)c1)NCc1nc(C)c(C)o1.I. The minimum Gasteiger partial charge on any atom is -0.444 e. The normalized spacial score (nSPS) is 11.2. The van der Waals surface area contributed by atoms with Crippen molar-refractivity contribution in [2.24, 2.45) is 4.99 Å². The Balaban J connectivity index is 0.00000280. The molecule has 0 amide bonds. The van der Waals surface area contributed by atoms with Gasteiger partial charge in [0.2, 0.25) is 5.89 Å². The number of imidazole rings is 1. The molecule has 2 N–H and O–H groups in total. The number of nitrogens with zero attached hydrogens (tertiary/aromatic N) is 4. The van der Waals surface area contributed by atoms with Crippen molar-refractivity contribution in [1.29, 1.82) is 0 Å². The summed E-state index contributed by atoms with van der Waals surface area (Å²) in [4.78, 5) is 12.6. The first-order chi connectivity index (χ1) is 13.0. The van der Waals surface area contributed by atoms with Crippen molar-refractivity contribution in [3.63, 3.8) is 0 Å². The van der Waals surface area contributed by atoms with E-state index in [4.69, 9.17) is 4.42 Å². The van der Waals surface area contributed by atoms with Gasteiger partial charge in [-0.05, 0) is 38.5 Å². The minimum absolute atomic E-state index is 0. The van der Waals surface area contributed by atoms with Gasteiger partial charge in [0.15, 0.2) is 5.96 Å². The number of aliphatic imine (C=N–C) groups is 1. The molecule has 0 spiro atoms. The van der Waals surface area contributed by atoms with Gasteiger partial charge < -0.3 is 19.6 Å². The molecule has 3 rings (SSSR count). The van der Waals surface area contributed by atoms with Gasteiger partial charge in [-0.15, -0.1) is 24.0 Å². The van der Waals surface area contributed by atoms with Crippen molar-refractivity contribution in [3.8, 4) is 5.69 Å². The van der Waals surface area contributed by atoms with Gasteiger partial charge in [-0.1, -0.05) is 6.07 Å². The van der Waals surface area contributed by atoms with Crippen molar-refractivity contribution in [2.45, 2.75) is 33.9 Å². The molecule has 7 nitrogen and oxygen atoms in total. The van der Waals surface area contributed by atoms with E-state index in [9.17, 15) is 4.39 Å². The fourth-order valence-electron chi connectivity index (χ4n) is 2.67. The molecule has 0 fully saturated rings. The number of guanidine groups is 1. The number of rotatable bonds is 5. The zero-order chi connectivity index (χ0) is 19.4. The predicted molar refractivity (Wildman–Crippen MR) is 117 cm³/mol. The molecule has 0 aliphatic heterocycles. The van der Waals surface area contributed by atoms with Crippen LogP contribution in [-0.2, 0) is 13.1 Å². The third-order valence-electron chi connectivity index (χ3n) is 4.26. The van der Waals surface area contributed by atoms with Gasteiger partial charge in [0, 0.05) is 26.0 Å². The maximum atomic E-state index is 14.5. The lowest BCUT2D eigenvalue weighted by molar-refractivity contribution is 0.463. The molecule has 0 aliphatic carbocycles. The molecule has 0 radical (unpaired) electrons. The van der Waals surface area contributed by atoms with Gasteiger partial charge in [-0.2, -0.15) is 0 Å². The van der Waals surface area contributed by atoms with E-state index in [2.05, 4.69) is 25.6 Å². The molecule has 3 aromatic rings. The maximum Gasteiger partial charge on any atom is 0.214 e. The number of hydrogen-bond donors (Lipinski definition) is 2. The Hall–Kier alpha value is -2.43. The maximum absolute atomic E-state index is 14.5. The highest BCUT2D eigenvalue weighted by molar-refractivity contribution is 14.0. The average Bonchev–Trinajstić information content (AvgIpc) is 3.20. The van der Waals surface area contributed by atoms with Gasteiger partial charge in [0.25, 0.3) is 0 Å². The van der Waals surface area contributed by atoms with Crippen molar-refractivity contribution in [3.05, 3.63) is 65.1 Å². The van der Waals surface area contributed by atoms with Crippen LogP contribution in [0.3, 0.4) is 0 Å². The highest BCUT2D eigenvalue weighted by Crippen LogP contribution is 2.16. The predicted octanol–water partition coefficient (Wildman–Crippen LogP) is 3.41.